The second kappa shape index (κ2) is 7.60. The summed E-state index contributed by atoms with van der Waals surface area (Å²) >= 11 is 0. The molecule has 2 unspecified atom stereocenters. The van der Waals surface area contributed by atoms with Gasteiger partial charge in [-0.25, -0.2) is 0 Å². The maximum Gasteiger partial charge on any atom is 0.312 e. The summed E-state index contributed by atoms with van der Waals surface area (Å²) in [7, 11) is 1.58. The summed E-state index contributed by atoms with van der Waals surface area (Å²) < 4.78 is 5.49. The number of fused-ring (bicyclic) bond motifs is 7. The molecule has 7 atom stereocenters. The van der Waals surface area contributed by atoms with Crippen molar-refractivity contribution >= 4 is 11.9 Å². The number of ether oxygens (including phenoxy) is 1. The van der Waals surface area contributed by atoms with E-state index in [4.69, 9.17) is 4.74 Å². The predicted octanol–water partition coefficient (Wildman–Crippen LogP) is 6.83. The molecule has 196 valence electrons. The van der Waals surface area contributed by atoms with Crippen molar-refractivity contribution in [1.82, 2.24) is 5.32 Å². The third-order valence-electron chi connectivity index (χ3n) is 12.7. The molecule has 0 aromatic rings. The van der Waals surface area contributed by atoms with Gasteiger partial charge in [0, 0.05) is 12.0 Å². The van der Waals surface area contributed by atoms with E-state index < -0.39 is 0 Å². The van der Waals surface area contributed by atoms with Crippen molar-refractivity contribution in [3.8, 4) is 0 Å². The lowest BCUT2D eigenvalue weighted by molar-refractivity contribution is -0.178. The molecule has 4 fully saturated rings. The largest absolute Gasteiger partial charge is 0.469 e. The summed E-state index contributed by atoms with van der Waals surface area (Å²) in [6, 6.07) is 0. The van der Waals surface area contributed by atoms with E-state index >= 15 is 0 Å². The van der Waals surface area contributed by atoms with Gasteiger partial charge in [0.1, 0.15) is 0 Å². The third kappa shape index (κ3) is 3.29. The topological polar surface area (TPSA) is 55.4 Å². The van der Waals surface area contributed by atoms with Crippen LogP contribution in [0.4, 0.5) is 0 Å². The average Bonchev–Trinajstić information content (AvgIpc) is 2.85. The fourth-order valence-corrected chi connectivity index (χ4v) is 10.6. The number of allylic oxidation sites excluding steroid dienone is 2. The number of methoxy groups -OCH3 is 1. The molecule has 1 amide bonds. The van der Waals surface area contributed by atoms with Gasteiger partial charge in [0.15, 0.2) is 0 Å². The number of esters is 1. The Morgan fingerprint density at radius 1 is 0.943 bits per heavy atom. The van der Waals surface area contributed by atoms with E-state index in [0.717, 1.165) is 51.4 Å². The monoisotopic (exact) mass is 483 g/mol. The third-order valence-corrected chi connectivity index (χ3v) is 12.7. The molecule has 1 N–H and O–H groups in total. The van der Waals surface area contributed by atoms with E-state index in [1.165, 1.54) is 6.42 Å². The van der Waals surface area contributed by atoms with Gasteiger partial charge < -0.3 is 10.1 Å². The Morgan fingerprint density at radius 3 is 2.31 bits per heavy atom. The maximum atomic E-state index is 13.4. The zero-order valence-corrected chi connectivity index (χ0v) is 23.6. The Hall–Kier alpha value is -1.32. The number of carbonyl (C=O) groups excluding carboxylic acids is 2. The summed E-state index contributed by atoms with van der Waals surface area (Å²) in [6.45, 7) is 16.9. The summed E-state index contributed by atoms with van der Waals surface area (Å²) in [5, 5.41) is 3.38. The van der Waals surface area contributed by atoms with Crippen molar-refractivity contribution in [2.24, 2.45) is 44.8 Å². The van der Waals surface area contributed by atoms with Crippen LogP contribution in [0.5, 0.6) is 0 Å². The fraction of sp³-hybridized carbons (Fsp3) is 0.871. The molecule has 1 heterocycles. The number of hydrogen-bond donors (Lipinski definition) is 1. The van der Waals surface area contributed by atoms with Crippen LogP contribution in [0.3, 0.4) is 0 Å². The highest BCUT2D eigenvalue weighted by Crippen LogP contribution is 2.74. The minimum atomic E-state index is -0.347. The smallest absolute Gasteiger partial charge is 0.312 e. The zero-order valence-electron chi connectivity index (χ0n) is 23.6. The average molecular weight is 484 g/mol. The molecule has 4 aliphatic carbocycles. The van der Waals surface area contributed by atoms with Crippen LogP contribution in [-0.4, -0.2) is 24.5 Å². The molecule has 1 aliphatic heterocycles. The first-order valence-corrected chi connectivity index (χ1v) is 14.3. The summed E-state index contributed by atoms with van der Waals surface area (Å²) in [6.07, 6.45) is 12.8. The van der Waals surface area contributed by atoms with Crippen LogP contribution in [0, 0.1) is 44.8 Å². The van der Waals surface area contributed by atoms with Gasteiger partial charge in [0.2, 0.25) is 5.91 Å². The van der Waals surface area contributed by atoms with Crippen LogP contribution in [0.1, 0.15) is 113 Å². The van der Waals surface area contributed by atoms with E-state index in [1.807, 2.05) is 0 Å². The van der Waals surface area contributed by atoms with Gasteiger partial charge in [-0.1, -0.05) is 46.3 Å². The van der Waals surface area contributed by atoms with Gasteiger partial charge >= 0.3 is 5.97 Å². The normalized spacial score (nSPS) is 48.1. The van der Waals surface area contributed by atoms with Crippen LogP contribution >= 0.6 is 0 Å². The summed E-state index contributed by atoms with van der Waals surface area (Å²) in [5.41, 5.74) is 1.70. The molecule has 5 aliphatic rings. The molecular formula is C31H49NO3. The first kappa shape index (κ1) is 25.3. The van der Waals surface area contributed by atoms with Gasteiger partial charge in [-0.2, -0.15) is 0 Å². The molecule has 4 nitrogen and oxygen atoms in total. The standard InChI is InChI=1S/C31H49NO3/c1-26(2)15-17-31(25(34)35-8)18-16-29(6)20(21(31)19-26)9-10-23-28(5)13-12-24(33)32-27(3,4)22(28)11-14-30(23,29)7/h9,21-23H,10-19H2,1-8H3,(H,32,33)/t21?,22-,23+,28-,29+,30+,31?/m0/s1. The van der Waals surface area contributed by atoms with Crippen molar-refractivity contribution in [3.05, 3.63) is 11.6 Å². The number of rotatable bonds is 1. The van der Waals surface area contributed by atoms with Gasteiger partial charge in [0.25, 0.3) is 0 Å². The lowest BCUT2D eigenvalue weighted by Crippen LogP contribution is -2.64. The van der Waals surface area contributed by atoms with E-state index in [2.05, 4.69) is 59.9 Å². The van der Waals surface area contributed by atoms with Crippen LogP contribution < -0.4 is 5.32 Å². The molecule has 3 saturated carbocycles. The Labute approximate surface area is 213 Å². The number of carbonyl (C=O) groups is 2. The fourth-order valence-electron chi connectivity index (χ4n) is 10.6. The van der Waals surface area contributed by atoms with Crippen LogP contribution in [-0.2, 0) is 14.3 Å². The van der Waals surface area contributed by atoms with Crippen LogP contribution in [0.25, 0.3) is 0 Å². The van der Waals surface area contributed by atoms with Gasteiger partial charge in [-0.3, -0.25) is 9.59 Å². The lowest BCUT2D eigenvalue weighted by atomic mass is 9.35. The number of nitrogens with one attached hydrogen (secondary N) is 1. The second-order valence-corrected chi connectivity index (χ2v) is 15.1. The van der Waals surface area contributed by atoms with Gasteiger partial charge in [-0.05, 0) is 111 Å². The zero-order chi connectivity index (χ0) is 25.7. The molecule has 5 rings (SSSR count). The second-order valence-electron chi connectivity index (χ2n) is 15.1. The molecule has 0 aromatic carbocycles. The Morgan fingerprint density at radius 2 is 1.63 bits per heavy atom. The summed E-state index contributed by atoms with van der Waals surface area (Å²) in [4.78, 5) is 26.1. The van der Waals surface area contributed by atoms with E-state index in [0.29, 0.717) is 18.3 Å². The molecule has 0 spiro atoms. The van der Waals surface area contributed by atoms with E-state index in [1.54, 1.807) is 12.7 Å². The molecule has 1 saturated heterocycles. The van der Waals surface area contributed by atoms with Crippen LogP contribution in [0.15, 0.2) is 11.6 Å². The molecule has 0 bridgehead atoms. The Bertz CT molecular complexity index is 964. The lowest BCUT2D eigenvalue weighted by Gasteiger charge is -2.69. The molecular weight excluding hydrogens is 434 g/mol. The van der Waals surface area contributed by atoms with Crippen molar-refractivity contribution in [2.75, 3.05) is 7.11 Å². The first-order chi connectivity index (χ1) is 16.2. The van der Waals surface area contributed by atoms with Crippen molar-refractivity contribution in [2.45, 2.75) is 118 Å². The quantitative estimate of drug-likeness (QED) is 0.328. The van der Waals surface area contributed by atoms with Crippen molar-refractivity contribution in [3.63, 3.8) is 0 Å². The highest BCUT2D eigenvalue weighted by molar-refractivity contribution is 5.79. The molecule has 4 heteroatoms. The maximum absolute atomic E-state index is 13.4. The molecule has 35 heavy (non-hydrogen) atoms. The highest BCUT2D eigenvalue weighted by atomic mass is 16.5. The van der Waals surface area contributed by atoms with Crippen molar-refractivity contribution in [1.29, 1.82) is 0 Å². The van der Waals surface area contributed by atoms with Crippen molar-refractivity contribution < 1.29 is 14.3 Å². The minimum absolute atomic E-state index is 0.0269. The number of amides is 1. The van der Waals surface area contributed by atoms with Gasteiger partial charge in [-0.15, -0.1) is 0 Å². The highest BCUT2D eigenvalue weighted by Gasteiger charge is 2.68. The Balaban J connectivity index is 1.61. The van der Waals surface area contributed by atoms with E-state index in [9.17, 15) is 9.59 Å². The SMILES string of the molecule is COC(=O)C12CCC(C)(C)CC1C1=CC[C@@H]3[C@@]4(C)CCC(=O)NC(C)(C)[C@@H]4CC[C@@]3(C)[C@]1(C)CC2. The predicted molar refractivity (Wildman–Crippen MR) is 139 cm³/mol. The Kier molecular flexibility index (Phi) is 5.50. The van der Waals surface area contributed by atoms with Crippen LogP contribution in [0.2, 0.25) is 0 Å². The summed E-state index contributed by atoms with van der Waals surface area (Å²) in [5.74, 6) is 1.57. The molecule has 0 aromatic heterocycles. The van der Waals surface area contributed by atoms with E-state index in [-0.39, 0.29) is 50.4 Å². The first-order valence-electron chi connectivity index (χ1n) is 14.3. The van der Waals surface area contributed by atoms with Gasteiger partial charge in [0.05, 0.1) is 12.5 Å². The minimum Gasteiger partial charge on any atom is -0.469 e. The number of hydrogen-bond acceptors (Lipinski definition) is 3. The molecule has 0 radical (unpaired) electrons.